The van der Waals surface area contributed by atoms with Crippen molar-refractivity contribution in [1.82, 2.24) is 14.6 Å². The number of para-hydroxylation sites is 1. The second kappa shape index (κ2) is 8.38. The molecule has 3 heterocycles. The Bertz CT molecular complexity index is 1280. The van der Waals surface area contributed by atoms with E-state index in [4.69, 9.17) is 21.7 Å². The van der Waals surface area contributed by atoms with Gasteiger partial charge in [0.2, 0.25) is 0 Å². The van der Waals surface area contributed by atoms with Crippen molar-refractivity contribution in [3.05, 3.63) is 77.1 Å². The van der Waals surface area contributed by atoms with Crippen molar-refractivity contribution < 1.29 is 0 Å². The lowest BCUT2D eigenvalue weighted by Crippen LogP contribution is -2.47. The maximum Gasteiger partial charge on any atom is 0.165 e. The highest BCUT2D eigenvalue weighted by Gasteiger charge is 2.25. The number of piperazine rings is 1. The van der Waals surface area contributed by atoms with E-state index in [1.165, 1.54) is 11.3 Å². The van der Waals surface area contributed by atoms with E-state index in [-0.39, 0.29) is 5.41 Å². The van der Waals surface area contributed by atoms with Crippen LogP contribution >= 0.6 is 11.6 Å². The summed E-state index contributed by atoms with van der Waals surface area (Å²) >= 11 is 6.12. The molecule has 1 saturated heterocycles. The zero-order chi connectivity index (χ0) is 23.2. The largest absolute Gasteiger partial charge is 0.368 e. The molecule has 170 valence electrons. The molecule has 1 aliphatic rings. The average molecular weight is 460 g/mol. The fourth-order valence-electron chi connectivity index (χ4n) is 4.48. The Balaban J connectivity index is 1.53. The summed E-state index contributed by atoms with van der Waals surface area (Å²) in [6, 6.07) is 18.8. The molecule has 1 fully saturated rings. The number of hydrogen-bond donors (Lipinski definition) is 0. The highest BCUT2D eigenvalue weighted by Crippen LogP contribution is 2.32. The van der Waals surface area contributed by atoms with E-state index in [0.29, 0.717) is 0 Å². The molecule has 6 heteroatoms. The van der Waals surface area contributed by atoms with Crippen LogP contribution in [-0.4, -0.2) is 40.8 Å². The van der Waals surface area contributed by atoms with E-state index in [2.05, 4.69) is 67.8 Å². The number of anilines is 2. The van der Waals surface area contributed by atoms with Gasteiger partial charge in [0.05, 0.1) is 11.9 Å². The monoisotopic (exact) mass is 459 g/mol. The lowest BCUT2D eigenvalue weighted by Gasteiger charge is -2.38. The number of hydrogen-bond acceptors (Lipinski definition) is 4. The third-order valence-electron chi connectivity index (χ3n) is 6.44. The highest BCUT2D eigenvalue weighted by molar-refractivity contribution is 6.30. The Morgan fingerprint density at radius 1 is 0.879 bits per heavy atom. The van der Waals surface area contributed by atoms with Gasteiger partial charge >= 0.3 is 0 Å². The smallest absolute Gasteiger partial charge is 0.165 e. The summed E-state index contributed by atoms with van der Waals surface area (Å²) in [5, 5.41) is 5.50. The molecule has 5 rings (SSSR count). The molecule has 0 saturated carbocycles. The summed E-state index contributed by atoms with van der Waals surface area (Å²) in [6.07, 6.45) is 1.92. The van der Waals surface area contributed by atoms with Gasteiger partial charge in [-0.2, -0.15) is 9.61 Å². The molecule has 5 nitrogen and oxygen atoms in total. The van der Waals surface area contributed by atoms with E-state index in [0.717, 1.165) is 59.5 Å². The van der Waals surface area contributed by atoms with Crippen molar-refractivity contribution in [3.63, 3.8) is 0 Å². The third-order valence-corrected chi connectivity index (χ3v) is 6.69. The van der Waals surface area contributed by atoms with Crippen LogP contribution in [-0.2, 0) is 5.41 Å². The van der Waals surface area contributed by atoms with Gasteiger partial charge in [0, 0.05) is 53.9 Å². The van der Waals surface area contributed by atoms with Gasteiger partial charge in [0.1, 0.15) is 5.82 Å². The van der Waals surface area contributed by atoms with Gasteiger partial charge in [0.25, 0.3) is 0 Å². The van der Waals surface area contributed by atoms with E-state index in [9.17, 15) is 0 Å². The van der Waals surface area contributed by atoms with Crippen LogP contribution in [0.5, 0.6) is 0 Å². The number of rotatable bonds is 3. The number of nitrogens with zero attached hydrogens (tertiary/aromatic N) is 5. The molecule has 0 radical (unpaired) electrons. The predicted molar refractivity (Wildman–Crippen MR) is 138 cm³/mol. The molecule has 0 N–H and O–H groups in total. The second-order valence-electron chi connectivity index (χ2n) is 9.81. The van der Waals surface area contributed by atoms with Crippen LogP contribution < -0.4 is 9.80 Å². The van der Waals surface area contributed by atoms with Gasteiger partial charge < -0.3 is 9.80 Å². The van der Waals surface area contributed by atoms with Crippen molar-refractivity contribution in [3.8, 4) is 11.1 Å². The van der Waals surface area contributed by atoms with Crippen molar-refractivity contribution in [2.24, 2.45) is 0 Å². The van der Waals surface area contributed by atoms with Crippen LogP contribution in [0.4, 0.5) is 11.5 Å². The molecule has 1 aliphatic heterocycles. The predicted octanol–water partition coefficient (Wildman–Crippen LogP) is 5.98. The standard InChI is InChI=1S/C27H30ClN5/c1-19-7-5-6-8-23(19)31-13-15-32(16-14-31)25-17-24(27(2,3)4)30-26-22(18-29-33(25)26)20-9-11-21(28)12-10-20/h5-12,17-18H,13-16H2,1-4H3. The fraction of sp³-hybridized carbons (Fsp3) is 0.333. The Hall–Kier alpha value is -3.05. The van der Waals surface area contributed by atoms with Crippen LogP contribution in [0, 0.1) is 6.92 Å². The van der Waals surface area contributed by atoms with E-state index in [1.807, 2.05) is 35.0 Å². The van der Waals surface area contributed by atoms with Crippen LogP contribution in [0.2, 0.25) is 5.02 Å². The average Bonchev–Trinajstić information content (AvgIpc) is 3.23. The summed E-state index contributed by atoms with van der Waals surface area (Å²) in [7, 11) is 0. The number of aromatic nitrogens is 3. The summed E-state index contributed by atoms with van der Waals surface area (Å²) in [6.45, 7) is 12.7. The van der Waals surface area contributed by atoms with Gasteiger partial charge in [-0.15, -0.1) is 0 Å². The molecular formula is C27H30ClN5. The number of aryl methyl sites for hydroxylation is 1. The Labute approximate surface area is 200 Å². The fourth-order valence-corrected chi connectivity index (χ4v) is 4.61. The van der Waals surface area contributed by atoms with Crippen LogP contribution in [0.25, 0.3) is 16.8 Å². The van der Waals surface area contributed by atoms with Crippen molar-refractivity contribution >= 4 is 28.8 Å². The van der Waals surface area contributed by atoms with Crippen LogP contribution in [0.15, 0.2) is 60.8 Å². The van der Waals surface area contributed by atoms with Crippen LogP contribution in [0.3, 0.4) is 0 Å². The topological polar surface area (TPSA) is 36.7 Å². The lowest BCUT2D eigenvalue weighted by molar-refractivity contribution is 0.565. The molecule has 0 unspecified atom stereocenters. The molecular weight excluding hydrogens is 430 g/mol. The molecule has 0 atom stereocenters. The second-order valence-corrected chi connectivity index (χ2v) is 10.2. The van der Waals surface area contributed by atoms with Crippen molar-refractivity contribution in [2.45, 2.75) is 33.1 Å². The Kier molecular flexibility index (Phi) is 5.53. The molecule has 0 bridgehead atoms. The van der Waals surface area contributed by atoms with Gasteiger partial charge in [-0.05, 0) is 36.2 Å². The van der Waals surface area contributed by atoms with Crippen LogP contribution in [0.1, 0.15) is 32.0 Å². The quantitative estimate of drug-likeness (QED) is 0.377. The minimum atomic E-state index is -0.0684. The normalized spacial score (nSPS) is 14.8. The van der Waals surface area contributed by atoms with Crippen molar-refractivity contribution in [1.29, 1.82) is 0 Å². The number of benzene rings is 2. The minimum Gasteiger partial charge on any atom is -0.368 e. The van der Waals surface area contributed by atoms with E-state index in [1.54, 1.807) is 0 Å². The molecule has 33 heavy (non-hydrogen) atoms. The first-order valence-corrected chi connectivity index (χ1v) is 11.9. The first-order valence-electron chi connectivity index (χ1n) is 11.5. The van der Waals surface area contributed by atoms with Gasteiger partial charge in [0.15, 0.2) is 5.65 Å². The summed E-state index contributed by atoms with van der Waals surface area (Å²) < 4.78 is 2.00. The summed E-state index contributed by atoms with van der Waals surface area (Å²) in [4.78, 5) is 9.99. The van der Waals surface area contributed by atoms with E-state index < -0.39 is 0 Å². The first kappa shape index (κ1) is 21.8. The molecule has 0 spiro atoms. The lowest BCUT2D eigenvalue weighted by atomic mass is 9.91. The molecule has 0 amide bonds. The zero-order valence-electron chi connectivity index (χ0n) is 19.7. The SMILES string of the molecule is Cc1ccccc1N1CCN(c2cc(C(C)(C)C)nc3c(-c4ccc(Cl)cc4)cnn23)CC1. The molecule has 0 aliphatic carbocycles. The molecule has 2 aromatic carbocycles. The summed E-state index contributed by atoms with van der Waals surface area (Å²) in [5.41, 5.74) is 6.65. The van der Waals surface area contributed by atoms with E-state index >= 15 is 0 Å². The Morgan fingerprint density at radius 3 is 2.21 bits per heavy atom. The summed E-state index contributed by atoms with van der Waals surface area (Å²) in [5.74, 6) is 1.11. The third kappa shape index (κ3) is 4.18. The molecule has 4 aromatic rings. The van der Waals surface area contributed by atoms with Crippen molar-refractivity contribution in [2.75, 3.05) is 36.0 Å². The maximum absolute atomic E-state index is 6.12. The van der Waals surface area contributed by atoms with Gasteiger partial charge in [-0.3, -0.25) is 0 Å². The zero-order valence-corrected chi connectivity index (χ0v) is 20.5. The number of halogens is 1. The Morgan fingerprint density at radius 2 is 1.55 bits per heavy atom. The highest BCUT2D eigenvalue weighted by atomic mass is 35.5. The van der Waals surface area contributed by atoms with Gasteiger partial charge in [-0.1, -0.05) is 62.7 Å². The van der Waals surface area contributed by atoms with Gasteiger partial charge in [-0.25, -0.2) is 4.98 Å². The minimum absolute atomic E-state index is 0.0684. The number of fused-ring (bicyclic) bond motifs is 1. The molecule has 2 aromatic heterocycles. The first-order chi connectivity index (χ1) is 15.8. The maximum atomic E-state index is 6.12.